The Morgan fingerprint density at radius 1 is 0.968 bits per heavy atom. The molecule has 0 amide bonds. The van der Waals surface area contributed by atoms with Crippen molar-refractivity contribution in [1.29, 1.82) is 0 Å². The highest BCUT2D eigenvalue weighted by molar-refractivity contribution is 6.07. The number of pyridine rings is 1. The highest BCUT2D eigenvalue weighted by Gasteiger charge is 2.32. The zero-order valence-electron chi connectivity index (χ0n) is 19.0. The molecule has 1 aliphatic heterocycles. The maximum atomic E-state index is 6.72. The lowest BCUT2D eigenvalue weighted by molar-refractivity contribution is -0.659. The fourth-order valence-electron chi connectivity index (χ4n) is 5.92. The summed E-state index contributed by atoms with van der Waals surface area (Å²) in [5, 5.41) is 5.01. The van der Waals surface area contributed by atoms with Gasteiger partial charge in [-0.2, -0.15) is 4.57 Å². The fraction of sp³-hybridized carbons (Fsp3) is 0.345. The average molecular weight is 409 g/mol. The van der Waals surface area contributed by atoms with Gasteiger partial charge >= 0.3 is 0 Å². The summed E-state index contributed by atoms with van der Waals surface area (Å²) >= 11 is 0. The van der Waals surface area contributed by atoms with Gasteiger partial charge in [0.05, 0.1) is 5.56 Å². The van der Waals surface area contributed by atoms with Gasteiger partial charge in [0.1, 0.15) is 12.8 Å². The molecule has 1 aliphatic carbocycles. The van der Waals surface area contributed by atoms with Crippen molar-refractivity contribution in [3.8, 4) is 22.8 Å². The Balaban J connectivity index is 1.64. The lowest BCUT2D eigenvalue weighted by Crippen LogP contribution is -2.32. The number of ether oxygens (including phenoxy) is 1. The van der Waals surface area contributed by atoms with Crippen molar-refractivity contribution in [3.63, 3.8) is 0 Å². The largest absolute Gasteiger partial charge is 0.449 e. The maximum Gasteiger partial charge on any atom is 0.257 e. The minimum absolute atomic E-state index is 0.844. The summed E-state index contributed by atoms with van der Waals surface area (Å²) in [5.41, 5.74) is 7.90. The first-order valence-corrected chi connectivity index (χ1v) is 11.7. The Hall–Kier alpha value is -2.87. The van der Waals surface area contributed by atoms with E-state index in [4.69, 9.17) is 4.74 Å². The molecule has 2 heterocycles. The predicted molar refractivity (Wildman–Crippen MR) is 128 cm³/mol. The van der Waals surface area contributed by atoms with Crippen molar-refractivity contribution in [1.82, 2.24) is 0 Å². The molecule has 0 radical (unpaired) electrons. The monoisotopic (exact) mass is 408 g/mol. The first-order chi connectivity index (χ1) is 15.0. The summed E-state index contributed by atoms with van der Waals surface area (Å²) in [4.78, 5) is 0. The van der Waals surface area contributed by atoms with E-state index in [0.29, 0.717) is 0 Å². The Kier molecular flexibility index (Phi) is 4.15. The smallest absolute Gasteiger partial charge is 0.257 e. The highest BCUT2D eigenvalue weighted by atomic mass is 16.5. The number of fused-ring (bicyclic) bond motifs is 4. The van der Waals surface area contributed by atoms with E-state index in [0.717, 1.165) is 17.4 Å². The van der Waals surface area contributed by atoms with E-state index < -0.39 is 0 Å². The summed E-state index contributed by atoms with van der Waals surface area (Å²) in [5.74, 6) is 2.85. The number of rotatable bonds is 2. The normalized spacial score (nSPS) is 15.5. The van der Waals surface area contributed by atoms with Gasteiger partial charge < -0.3 is 4.74 Å². The van der Waals surface area contributed by atoms with Gasteiger partial charge in [-0.25, -0.2) is 0 Å². The Morgan fingerprint density at radius 2 is 1.77 bits per heavy atom. The molecule has 1 fully saturated rings. The summed E-state index contributed by atoms with van der Waals surface area (Å²) in [6.07, 6.45) is 9.00. The molecule has 156 valence electrons. The van der Waals surface area contributed by atoms with Crippen molar-refractivity contribution < 1.29 is 9.30 Å². The molecular formula is C29H30NO+. The van der Waals surface area contributed by atoms with Crippen molar-refractivity contribution in [2.45, 2.75) is 52.9 Å². The Bertz CT molecular complexity index is 1380. The van der Waals surface area contributed by atoms with Crippen LogP contribution in [0.25, 0.3) is 32.8 Å². The molecule has 1 aromatic heterocycles. The van der Waals surface area contributed by atoms with Crippen LogP contribution in [0.5, 0.6) is 11.5 Å². The minimum Gasteiger partial charge on any atom is -0.449 e. The third-order valence-electron chi connectivity index (χ3n) is 7.58. The zero-order chi connectivity index (χ0) is 21.3. The van der Waals surface area contributed by atoms with Crippen LogP contribution in [0.15, 0.2) is 42.6 Å². The summed E-state index contributed by atoms with van der Waals surface area (Å²) in [6, 6.07) is 13.8. The fourth-order valence-corrected chi connectivity index (χ4v) is 5.92. The van der Waals surface area contributed by atoms with Gasteiger partial charge in [-0.1, -0.05) is 43.9 Å². The summed E-state index contributed by atoms with van der Waals surface area (Å²) < 4.78 is 8.99. The highest BCUT2D eigenvalue weighted by Crippen LogP contribution is 2.50. The molecule has 31 heavy (non-hydrogen) atoms. The van der Waals surface area contributed by atoms with E-state index in [-0.39, 0.29) is 0 Å². The van der Waals surface area contributed by atoms with Crippen LogP contribution in [0.2, 0.25) is 0 Å². The molecule has 2 aliphatic rings. The zero-order valence-corrected chi connectivity index (χ0v) is 19.0. The first-order valence-electron chi connectivity index (χ1n) is 11.7. The van der Waals surface area contributed by atoms with Crippen LogP contribution in [-0.2, 0) is 13.5 Å². The number of benzene rings is 3. The molecule has 2 heteroatoms. The molecule has 0 bridgehead atoms. The number of nitrogens with zero attached hydrogens (tertiary/aromatic N) is 1. The first kappa shape index (κ1) is 18.9. The predicted octanol–water partition coefficient (Wildman–Crippen LogP) is 7.25. The van der Waals surface area contributed by atoms with Crippen LogP contribution in [0.3, 0.4) is 0 Å². The molecule has 0 N–H and O–H groups in total. The van der Waals surface area contributed by atoms with E-state index in [1.807, 2.05) is 0 Å². The van der Waals surface area contributed by atoms with Gasteiger partial charge in [-0.05, 0) is 78.9 Å². The number of hydrogen-bond acceptors (Lipinski definition) is 1. The van der Waals surface area contributed by atoms with Gasteiger partial charge in [0.15, 0.2) is 6.20 Å². The van der Waals surface area contributed by atoms with E-state index in [1.165, 1.54) is 87.2 Å². The van der Waals surface area contributed by atoms with E-state index >= 15 is 0 Å². The molecule has 1 saturated carbocycles. The molecule has 3 aromatic carbocycles. The van der Waals surface area contributed by atoms with Crippen LogP contribution in [0.1, 0.15) is 47.9 Å². The van der Waals surface area contributed by atoms with Crippen molar-refractivity contribution in [3.05, 3.63) is 64.8 Å². The number of aryl methyl sites for hydroxylation is 3. The third kappa shape index (κ3) is 2.88. The van der Waals surface area contributed by atoms with Crippen LogP contribution in [-0.4, -0.2) is 0 Å². The molecule has 0 saturated heterocycles. The molecule has 2 nitrogen and oxygen atoms in total. The second-order valence-electron chi connectivity index (χ2n) is 9.85. The number of hydrogen-bond donors (Lipinski definition) is 0. The lowest BCUT2D eigenvalue weighted by Gasteiger charge is -2.23. The molecular weight excluding hydrogens is 378 g/mol. The second-order valence-corrected chi connectivity index (χ2v) is 9.85. The Labute approximate surface area is 184 Å². The quantitative estimate of drug-likeness (QED) is 0.280. The minimum atomic E-state index is 0.844. The van der Waals surface area contributed by atoms with Crippen LogP contribution in [0, 0.1) is 26.7 Å². The van der Waals surface area contributed by atoms with Gasteiger partial charge in [-0.3, -0.25) is 0 Å². The van der Waals surface area contributed by atoms with Gasteiger partial charge in [-0.15, -0.1) is 0 Å². The molecule has 6 rings (SSSR count). The molecule has 4 aromatic rings. The Morgan fingerprint density at radius 3 is 2.58 bits per heavy atom. The maximum absolute atomic E-state index is 6.72. The lowest BCUT2D eigenvalue weighted by atomic mass is 9.88. The van der Waals surface area contributed by atoms with E-state index in [2.05, 4.69) is 75.0 Å². The topological polar surface area (TPSA) is 13.1 Å². The van der Waals surface area contributed by atoms with Crippen LogP contribution < -0.4 is 9.30 Å². The van der Waals surface area contributed by atoms with Crippen LogP contribution >= 0.6 is 0 Å². The third-order valence-corrected chi connectivity index (χ3v) is 7.58. The standard InChI is InChI=1S/C29H30NO/c1-17-11-23-13-18(2)19(3)26-27(23)25(12-17)31-29-24-15-21(14-20-7-5-6-8-20)9-10-22(24)16-30(4)28(26)29/h9-13,15-16,20H,5-8,14H2,1-4H3/q+1. The van der Waals surface area contributed by atoms with Gasteiger partial charge in [0.2, 0.25) is 5.75 Å². The van der Waals surface area contributed by atoms with Crippen molar-refractivity contribution in [2.75, 3.05) is 0 Å². The summed E-state index contributed by atoms with van der Waals surface area (Å²) in [7, 11) is 2.15. The van der Waals surface area contributed by atoms with E-state index in [1.54, 1.807) is 0 Å². The molecule has 0 atom stereocenters. The van der Waals surface area contributed by atoms with E-state index in [9.17, 15) is 0 Å². The summed E-state index contributed by atoms with van der Waals surface area (Å²) in [6.45, 7) is 6.64. The van der Waals surface area contributed by atoms with Gasteiger partial charge in [0.25, 0.3) is 5.69 Å². The van der Waals surface area contributed by atoms with Crippen molar-refractivity contribution >= 4 is 21.5 Å². The second kappa shape index (κ2) is 6.82. The number of aromatic nitrogens is 1. The molecule has 0 spiro atoms. The van der Waals surface area contributed by atoms with Gasteiger partial charge in [0, 0.05) is 16.2 Å². The van der Waals surface area contributed by atoms with Crippen molar-refractivity contribution in [2.24, 2.45) is 13.0 Å². The van der Waals surface area contributed by atoms with Crippen LogP contribution in [0.4, 0.5) is 0 Å². The average Bonchev–Trinajstić information content (AvgIpc) is 3.24. The molecule has 0 unspecified atom stereocenters. The SMILES string of the molecule is Cc1cc2c3c(c(C)c(C)cc3c1)-c1c(c3cc(CC4CCCC4)ccc3c[n+]1C)O2.